The Morgan fingerprint density at radius 2 is 2.17 bits per heavy atom. The molecule has 1 aromatic heterocycles. The molecule has 0 amide bonds. The normalized spacial score (nSPS) is 13.7. The van der Waals surface area contributed by atoms with Crippen LogP contribution in [-0.2, 0) is 9.84 Å². The summed E-state index contributed by atoms with van der Waals surface area (Å²) in [7, 11) is -2.84. The summed E-state index contributed by atoms with van der Waals surface area (Å²) in [6, 6.07) is 2.36. The number of rotatable bonds is 8. The van der Waals surface area contributed by atoms with Crippen LogP contribution < -0.4 is 5.32 Å². The number of halogens is 1. The molecule has 0 radical (unpaired) electrons. The van der Waals surface area contributed by atoms with Crippen molar-refractivity contribution in [2.24, 2.45) is 0 Å². The molecule has 1 aromatic rings. The second kappa shape index (κ2) is 7.62. The van der Waals surface area contributed by atoms with Crippen LogP contribution in [0, 0.1) is 0 Å². The van der Waals surface area contributed by atoms with Gasteiger partial charge in [0.05, 0.1) is 9.54 Å². The van der Waals surface area contributed by atoms with Gasteiger partial charge in [-0.2, -0.15) is 0 Å². The minimum Gasteiger partial charge on any atom is -0.310 e. The summed E-state index contributed by atoms with van der Waals surface area (Å²) in [5, 5.41) is 5.52. The first-order valence-corrected chi connectivity index (χ1v) is 9.65. The van der Waals surface area contributed by atoms with Crippen molar-refractivity contribution in [2.75, 3.05) is 18.1 Å². The van der Waals surface area contributed by atoms with Crippen molar-refractivity contribution in [3.63, 3.8) is 0 Å². The van der Waals surface area contributed by atoms with Gasteiger partial charge in [-0.05, 0) is 52.3 Å². The van der Waals surface area contributed by atoms with E-state index in [0.29, 0.717) is 6.42 Å². The lowest BCUT2D eigenvalue weighted by molar-refractivity contribution is 0.508. The molecule has 0 aromatic carbocycles. The van der Waals surface area contributed by atoms with Crippen molar-refractivity contribution in [2.45, 2.75) is 32.7 Å². The average molecular weight is 354 g/mol. The van der Waals surface area contributed by atoms with E-state index in [1.807, 2.05) is 0 Å². The van der Waals surface area contributed by atoms with Crippen molar-refractivity contribution in [3.8, 4) is 0 Å². The van der Waals surface area contributed by atoms with Crippen molar-refractivity contribution in [1.82, 2.24) is 5.32 Å². The SMILES string of the molecule is CCNC(CCCS(=O)(=O)CC)c1csc(Br)c1. The molecule has 104 valence electrons. The van der Waals surface area contributed by atoms with Crippen LogP contribution in [0.1, 0.15) is 38.3 Å². The van der Waals surface area contributed by atoms with Gasteiger partial charge in [0.2, 0.25) is 0 Å². The minimum absolute atomic E-state index is 0.239. The van der Waals surface area contributed by atoms with Crippen LogP contribution in [0.2, 0.25) is 0 Å². The maximum atomic E-state index is 11.5. The fraction of sp³-hybridized carbons (Fsp3) is 0.667. The van der Waals surface area contributed by atoms with Crippen molar-refractivity contribution in [3.05, 3.63) is 20.8 Å². The van der Waals surface area contributed by atoms with E-state index in [1.54, 1.807) is 18.3 Å². The predicted octanol–water partition coefficient (Wildman–Crippen LogP) is 3.38. The lowest BCUT2D eigenvalue weighted by Gasteiger charge is -2.16. The molecular weight excluding hydrogens is 334 g/mol. The lowest BCUT2D eigenvalue weighted by Crippen LogP contribution is -2.21. The topological polar surface area (TPSA) is 46.2 Å². The average Bonchev–Trinajstić information content (AvgIpc) is 2.74. The fourth-order valence-electron chi connectivity index (χ4n) is 1.79. The summed E-state index contributed by atoms with van der Waals surface area (Å²) in [5.74, 6) is 0.527. The van der Waals surface area contributed by atoms with Gasteiger partial charge in [0.25, 0.3) is 0 Å². The molecule has 1 rings (SSSR count). The van der Waals surface area contributed by atoms with Crippen LogP contribution in [0.25, 0.3) is 0 Å². The van der Waals surface area contributed by atoms with Crippen molar-refractivity contribution in [1.29, 1.82) is 0 Å². The summed E-state index contributed by atoms with van der Waals surface area (Å²) in [4.78, 5) is 0. The zero-order chi connectivity index (χ0) is 13.6. The van der Waals surface area contributed by atoms with E-state index >= 15 is 0 Å². The van der Waals surface area contributed by atoms with Crippen LogP contribution >= 0.6 is 27.3 Å². The highest BCUT2D eigenvalue weighted by molar-refractivity contribution is 9.11. The molecular formula is C12H20BrNO2S2. The Bertz CT molecular complexity index is 456. The molecule has 0 saturated heterocycles. The number of thiophene rings is 1. The second-order valence-corrected chi connectivity index (χ2v) is 8.94. The number of hydrogen-bond acceptors (Lipinski definition) is 4. The summed E-state index contributed by atoms with van der Waals surface area (Å²) >= 11 is 5.12. The standard InChI is InChI=1S/C12H20BrNO2S2/c1-3-14-11(10-8-12(13)17-9-10)6-5-7-18(15,16)4-2/h8-9,11,14H,3-7H2,1-2H3. The van der Waals surface area contributed by atoms with Gasteiger partial charge >= 0.3 is 0 Å². The second-order valence-electron chi connectivity index (χ2n) is 4.17. The summed E-state index contributed by atoms with van der Waals surface area (Å²) in [6.45, 7) is 4.66. The molecule has 1 atom stereocenters. The van der Waals surface area contributed by atoms with Gasteiger partial charge in [-0.3, -0.25) is 0 Å². The third-order valence-electron chi connectivity index (χ3n) is 2.83. The zero-order valence-corrected chi connectivity index (χ0v) is 14.0. The number of nitrogens with one attached hydrogen (secondary N) is 1. The summed E-state index contributed by atoms with van der Waals surface area (Å²) in [6.07, 6.45) is 1.57. The highest BCUT2D eigenvalue weighted by Crippen LogP contribution is 2.27. The van der Waals surface area contributed by atoms with Gasteiger partial charge in [0.15, 0.2) is 0 Å². The Hall–Kier alpha value is 0.0900. The lowest BCUT2D eigenvalue weighted by atomic mass is 10.1. The smallest absolute Gasteiger partial charge is 0.150 e. The quantitative estimate of drug-likeness (QED) is 0.779. The molecule has 0 spiro atoms. The molecule has 0 bridgehead atoms. The summed E-state index contributed by atoms with van der Waals surface area (Å²) < 4.78 is 24.0. The Morgan fingerprint density at radius 1 is 1.44 bits per heavy atom. The van der Waals surface area contributed by atoms with E-state index < -0.39 is 9.84 Å². The fourth-order valence-corrected chi connectivity index (χ4v) is 3.92. The third kappa shape index (κ3) is 5.38. The molecule has 0 aliphatic carbocycles. The van der Waals surface area contributed by atoms with Gasteiger partial charge in [0, 0.05) is 11.8 Å². The van der Waals surface area contributed by atoms with Gasteiger partial charge in [-0.1, -0.05) is 13.8 Å². The zero-order valence-electron chi connectivity index (χ0n) is 10.8. The first-order valence-electron chi connectivity index (χ1n) is 6.16. The van der Waals surface area contributed by atoms with E-state index in [9.17, 15) is 8.42 Å². The maximum Gasteiger partial charge on any atom is 0.150 e. The molecule has 0 saturated carbocycles. The van der Waals surface area contributed by atoms with Gasteiger partial charge in [-0.25, -0.2) is 8.42 Å². The molecule has 0 aliphatic rings. The van der Waals surface area contributed by atoms with Gasteiger partial charge in [0.1, 0.15) is 9.84 Å². The van der Waals surface area contributed by atoms with Crippen molar-refractivity contribution < 1.29 is 8.42 Å². The molecule has 1 N–H and O–H groups in total. The molecule has 6 heteroatoms. The Morgan fingerprint density at radius 3 is 2.67 bits per heavy atom. The molecule has 18 heavy (non-hydrogen) atoms. The molecule has 1 unspecified atom stereocenters. The summed E-state index contributed by atoms with van der Waals surface area (Å²) in [5.41, 5.74) is 1.24. The molecule has 1 heterocycles. The molecule has 3 nitrogen and oxygen atoms in total. The third-order valence-corrected chi connectivity index (χ3v) is 6.14. The van der Waals surface area contributed by atoms with Crippen LogP contribution in [0.5, 0.6) is 0 Å². The number of sulfone groups is 1. The largest absolute Gasteiger partial charge is 0.310 e. The highest BCUT2D eigenvalue weighted by Gasteiger charge is 2.14. The van der Waals surface area contributed by atoms with Crippen molar-refractivity contribution >= 4 is 37.1 Å². The maximum absolute atomic E-state index is 11.5. The first-order chi connectivity index (χ1) is 8.48. The minimum atomic E-state index is -2.84. The van der Waals surface area contributed by atoms with Crippen LogP contribution in [-0.4, -0.2) is 26.5 Å². The Balaban J connectivity index is 2.54. The predicted molar refractivity (Wildman–Crippen MR) is 82.0 cm³/mol. The highest BCUT2D eigenvalue weighted by atomic mass is 79.9. The van der Waals surface area contributed by atoms with E-state index in [4.69, 9.17) is 0 Å². The molecule has 0 aliphatic heterocycles. The van der Waals surface area contributed by atoms with E-state index in [2.05, 4.69) is 39.6 Å². The molecule has 0 fully saturated rings. The van der Waals surface area contributed by atoms with Gasteiger partial charge in [-0.15, -0.1) is 11.3 Å². The Kier molecular flexibility index (Phi) is 6.84. The van der Waals surface area contributed by atoms with E-state index in [0.717, 1.165) is 16.8 Å². The number of hydrogen-bond donors (Lipinski definition) is 1. The monoisotopic (exact) mass is 353 g/mol. The first kappa shape index (κ1) is 16.1. The van der Waals surface area contributed by atoms with Crippen LogP contribution in [0.3, 0.4) is 0 Å². The van der Waals surface area contributed by atoms with E-state index in [-0.39, 0.29) is 17.5 Å². The van der Waals surface area contributed by atoms with Crippen LogP contribution in [0.15, 0.2) is 15.2 Å². The van der Waals surface area contributed by atoms with Gasteiger partial charge < -0.3 is 5.32 Å². The Labute approximate surface area is 122 Å². The van der Waals surface area contributed by atoms with Crippen LogP contribution in [0.4, 0.5) is 0 Å². The van der Waals surface area contributed by atoms with E-state index in [1.165, 1.54) is 5.56 Å².